The molecule has 0 amide bonds. The fourth-order valence-corrected chi connectivity index (χ4v) is 3.43. The first-order valence-electron chi connectivity index (χ1n) is 7.03. The van der Waals surface area contributed by atoms with Crippen LogP contribution in [-0.4, -0.2) is 28.2 Å². The molecule has 3 rings (SSSR count). The Kier molecular flexibility index (Phi) is 3.46. The number of aliphatic hydroxyl groups excluding tert-OH is 1. The lowest BCUT2D eigenvalue weighted by atomic mass is 9.75. The summed E-state index contributed by atoms with van der Waals surface area (Å²) in [6, 6.07) is 0. The normalized spacial score (nSPS) is 27.9. The van der Waals surface area contributed by atoms with E-state index in [1.165, 1.54) is 32.1 Å². The van der Waals surface area contributed by atoms with E-state index in [1.54, 1.807) is 6.20 Å². The molecule has 2 heterocycles. The van der Waals surface area contributed by atoms with Crippen molar-refractivity contribution in [2.24, 2.45) is 11.8 Å². The van der Waals surface area contributed by atoms with Crippen molar-refractivity contribution in [2.75, 3.05) is 18.0 Å². The summed E-state index contributed by atoms with van der Waals surface area (Å²) in [4.78, 5) is 11.0. The van der Waals surface area contributed by atoms with Crippen molar-refractivity contribution in [3.63, 3.8) is 0 Å². The van der Waals surface area contributed by atoms with Crippen molar-refractivity contribution in [3.05, 3.63) is 18.1 Å². The van der Waals surface area contributed by atoms with Crippen LogP contribution >= 0.6 is 0 Å². The molecule has 1 saturated heterocycles. The highest BCUT2D eigenvalue weighted by Crippen LogP contribution is 2.36. The first-order chi connectivity index (χ1) is 8.86. The molecule has 18 heavy (non-hydrogen) atoms. The van der Waals surface area contributed by atoms with Gasteiger partial charge in [-0.3, -0.25) is 4.98 Å². The average molecular weight is 247 g/mol. The standard InChI is InChI=1S/C14H21N3O/c18-10-13-7-15-8-14(16-13)17-6-5-11-3-1-2-4-12(11)9-17/h7-8,11-12,18H,1-6,9-10H2. The predicted molar refractivity (Wildman–Crippen MR) is 70.2 cm³/mol. The zero-order valence-corrected chi connectivity index (χ0v) is 10.8. The van der Waals surface area contributed by atoms with Gasteiger partial charge in [-0.2, -0.15) is 0 Å². The lowest BCUT2D eigenvalue weighted by molar-refractivity contribution is 0.202. The van der Waals surface area contributed by atoms with Gasteiger partial charge in [-0.15, -0.1) is 0 Å². The summed E-state index contributed by atoms with van der Waals surface area (Å²) in [6.45, 7) is 2.18. The number of hydrogen-bond donors (Lipinski definition) is 1. The summed E-state index contributed by atoms with van der Waals surface area (Å²) < 4.78 is 0. The van der Waals surface area contributed by atoms with Gasteiger partial charge in [-0.1, -0.05) is 19.3 Å². The van der Waals surface area contributed by atoms with Gasteiger partial charge in [-0.25, -0.2) is 4.98 Å². The van der Waals surface area contributed by atoms with E-state index in [4.69, 9.17) is 5.11 Å². The highest BCUT2D eigenvalue weighted by Gasteiger charge is 2.31. The zero-order chi connectivity index (χ0) is 12.4. The number of aliphatic hydroxyl groups is 1. The number of piperidine rings is 1. The molecule has 1 aliphatic carbocycles. The van der Waals surface area contributed by atoms with Crippen molar-refractivity contribution >= 4 is 5.82 Å². The molecule has 2 fully saturated rings. The van der Waals surface area contributed by atoms with Gasteiger partial charge in [0.15, 0.2) is 0 Å². The van der Waals surface area contributed by atoms with E-state index in [2.05, 4.69) is 14.9 Å². The van der Waals surface area contributed by atoms with Crippen LogP contribution in [0.5, 0.6) is 0 Å². The van der Waals surface area contributed by atoms with Crippen LogP contribution in [0.1, 0.15) is 37.8 Å². The van der Waals surface area contributed by atoms with Gasteiger partial charge in [0.25, 0.3) is 0 Å². The second kappa shape index (κ2) is 5.22. The quantitative estimate of drug-likeness (QED) is 0.868. The summed E-state index contributed by atoms with van der Waals surface area (Å²) in [5.74, 6) is 2.71. The van der Waals surface area contributed by atoms with E-state index in [9.17, 15) is 0 Å². The Balaban J connectivity index is 1.72. The van der Waals surface area contributed by atoms with Gasteiger partial charge in [-0.05, 0) is 24.7 Å². The third kappa shape index (κ3) is 2.34. The molecule has 98 valence electrons. The van der Waals surface area contributed by atoms with Crippen LogP contribution in [-0.2, 0) is 6.61 Å². The van der Waals surface area contributed by atoms with Crippen LogP contribution in [0.25, 0.3) is 0 Å². The maximum absolute atomic E-state index is 9.13. The van der Waals surface area contributed by atoms with E-state index in [1.807, 2.05) is 6.20 Å². The number of nitrogens with zero attached hydrogens (tertiary/aromatic N) is 3. The SMILES string of the molecule is OCc1cncc(N2CCC3CCCCC3C2)n1. The third-order valence-corrected chi connectivity index (χ3v) is 4.45. The fraction of sp³-hybridized carbons (Fsp3) is 0.714. The molecule has 2 unspecified atom stereocenters. The molecular formula is C14H21N3O. The molecule has 1 saturated carbocycles. The first-order valence-corrected chi connectivity index (χ1v) is 7.03. The van der Waals surface area contributed by atoms with Crippen molar-refractivity contribution in [3.8, 4) is 0 Å². The van der Waals surface area contributed by atoms with E-state index in [0.29, 0.717) is 5.69 Å². The number of aromatic nitrogens is 2. The summed E-state index contributed by atoms with van der Waals surface area (Å²) in [5, 5.41) is 9.13. The van der Waals surface area contributed by atoms with Gasteiger partial charge in [0, 0.05) is 13.1 Å². The van der Waals surface area contributed by atoms with E-state index in [-0.39, 0.29) is 6.61 Å². The Bertz CT molecular complexity index is 410. The van der Waals surface area contributed by atoms with Crippen molar-refractivity contribution < 1.29 is 5.11 Å². The Morgan fingerprint density at radius 1 is 1.17 bits per heavy atom. The molecule has 1 N–H and O–H groups in total. The van der Waals surface area contributed by atoms with Crippen LogP contribution < -0.4 is 4.90 Å². The smallest absolute Gasteiger partial charge is 0.147 e. The number of rotatable bonds is 2. The first kappa shape index (κ1) is 11.9. The van der Waals surface area contributed by atoms with E-state index in [0.717, 1.165) is 30.7 Å². The molecule has 0 radical (unpaired) electrons. The summed E-state index contributed by atoms with van der Waals surface area (Å²) in [7, 11) is 0. The maximum Gasteiger partial charge on any atom is 0.147 e. The largest absolute Gasteiger partial charge is 0.390 e. The minimum absolute atomic E-state index is 0.0271. The van der Waals surface area contributed by atoms with Gasteiger partial charge >= 0.3 is 0 Å². The highest BCUT2D eigenvalue weighted by molar-refractivity contribution is 5.37. The van der Waals surface area contributed by atoms with Gasteiger partial charge in [0.05, 0.1) is 24.7 Å². The summed E-state index contributed by atoms with van der Waals surface area (Å²) in [6.07, 6.45) is 10.3. The molecule has 2 aliphatic rings. The molecular weight excluding hydrogens is 226 g/mol. The van der Waals surface area contributed by atoms with Crippen LogP contribution in [0, 0.1) is 11.8 Å². The maximum atomic E-state index is 9.13. The zero-order valence-electron chi connectivity index (χ0n) is 10.8. The lowest BCUT2D eigenvalue weighted by Gasteiger charge is -2.41. The van der Waals surface area contributed by atoms with E-state index >= 15 is 0 Å². The number of fused-ring (bicyclic) bond motifs is 1. The third-order valence-electron chi connectivity index (χ3n) is 4.45. The predicted octanol–water partition coefficient (Wildman–Crippen LogP) is 1.99. The number of hydrogen-bond acceptors (Lipinski definition) is 4. The molecule has 0 bridgehead atoms. The van der Waals surface area contributed by atoms with Crippen LogP contribution in [0.4, 0.5) is 5.82 Å². The summed E-state index contributed by atoms with van der Waals surface area (Å²) in [5.41, 5.74) is 0.665. The van der Waals surface area contributed by atoms with Gasteiger partial charge in [0.1, 0.15) is 5.82 Å². The topological polar surface area (TPSA) is 49.3 Å². The molecule has 0 aromatic carbocycles. The Morgan fingerprint density at radius 2 is 2.00 bits per heavy atom. The van der Waals surface area contributed by atoms with Crippen molar-refractivity contribution in [2.45, 2.75) is 38.7 Å². The van der Waals surface area contributed by atoms with Gasteiger partial charge in [0.2, 0.25) is 0 Å². The molecule has 1 aromatic heterocycles. The highest BCUT2D eigenvalue weighted by atomic mass is 16.3. The second-order valence-corrected chi connectivity index (χ2v) is 5.57. The minimum atomic E-state index is -0.0271. The van der Waals surface area contributed by atoms with Crippen molar-refractivity contribution in [1.29, 1.82) is 0 Å². The molecule has 1 aliphatic heterocycles. The minimum Gasteiger partial charge on any atom is -0.390 e. The summed E-state index contributed by atoms with van der Waals surface area (Å²) >= 11 is 0. The number of anilines is 1. The Labute approximate surface area is 108 Å². The Hall–Kier alpha value is -1.16. The fourth-order valence-electron chi connectivity index (χ4n) is 3.43. The van der Waals surface area contributed by atoms with Gasteiger partial charge < -0.3 is 10.0 Å². The van der Waals surface area contributed by atoms with Crippen LogP contribution in [0.3, 0.4) is 0 Å². The second-order valence-electron chi connectivity index (χ2n) is 5.57. The molecule has 4 nitrogen and oxygen atoms in total. The molecule has 4 heteroatoms. The Morgan fingerprint density at radius 3 is 2.83 bits per heavy atom. The molecule has 2 atom stereocenters. The average Bonchev–Trinajstić information content (AvgIpc) is 2.47. The van der Waals surface area contributed by atoms with Crippen LogP contribution in [0.2, 0.25) is 0 Å². The molecule has 0 spiro atoms. The molecule has 1 aromatic rings. The lowest BCUT2D eigenvalue weighted by Crippen LogP contribution is -2.42. The van der Waals surface area contributed by atoms with Crippen LogP contribution in [0.15, 0.2) is 12.4 Å². The van der Waals surface area contributed by atoms with E-state index < -0.39 is 0 Å². The monoisotopic (exact) mass is 247 g/mol. The van der Waals surface area contributed by atoms with Crippen molar-refractivity contribution in [1.82, 2.24) is 9.97 Å².